The molecular weight excluding hydrogens is 478 g/mol. The molecule has 7 heteroatoms. The highest BCUT2D eigenvalue weighted by Gasteiger charge is 2.44. The molecule has 0 radical (unpaired) electrons. The standard InChI is InChI=1S/C31H43N3O4/c1-6-7-11-20-32-28(35)27(24-16-14-22(2)15-17-24)34(25-18-19-25)29(36)26(21-23-12-9-8-10-13-23)33-30(37)38-31(3,4)5/h8-10,12-17,25-27H,6-7,11,18-21H2,1-5H3,(H,32,35)(H,33,37). The summed E-state index contributed by atoms with van der Waals surface area (Å²) in [4.78, 5) is 42.4. The molecule has 2 aromatic carbocycles. The molecule has 3 amide bonds. The molecule has 0 aromatic heterocycles. The van der Waals surface area contributed by atoms with Crippen LogP contribution in [0.4, 0.5) is 4.79 Å². The van der Waals surface area contributed by atoms with E-state index in [9.17, 15) is 14.4 Å². The van der Waals surface area contributed by atoms with Gasteiger partial charge in [-0.15, -0.1) is 0 Å². The van der Waals surface area contributed by atoms with E-state index in [-0.39, 0.29) is 17.9 Å². The monoisotopic (exact) mass is 521 g/mol. The number of alkyl carbamates (subject to hydrolysis) is 1. The van der Waals surface area contributed by atoms with Gasteiger partial charge in [0.1, 0.15) is 17.7 Å². The summed E-state index contributed by atoms with van der Waals surface area (Å²) in [6.07, 6.45) is 4.25. The number of nitrogens with one attached hydrogen (secondary N) is 2. The highest BCUT2D eigenvalue weighted by molar-refractivity contribution is 5.92. The zero-order valence-electron chi connectivity index (χ0n) is 23.5. The number of rotatable bonds is 12. The predicted octanol–water partition coefficient (Wildman–Crippen LogP) is 5.47. The summed E-state index contributed by atoms with van der Waals surface area (Å²) in [5.74, 6) is -0.475. The first-order valence-corrected chi connectivity index (χ1v) is 13.8. The molecule has 1 aliphatic carbocycles. The van der Waals surface area contributed by atoms with Gasteiger partial charge in [0.05, 0.1) is 0 Å². The number of amides is 3. The molecule has 1 fully saturated rings. The fraction of sp³-hybridized carbons (Fsp3) is 0.516. The Labute approximate surface area is 227 Å². The molecular formula is C31H43N3O4. The van der Waals surface area contributed by atoms with E-state index in [0.717, 1.165) is 48.8 Å². The van der Waals surface area contributed by atoms with Gasteiger partial charge >= 0.3 is 6.09 Å². The number of hydrogen-bond acceptors (Lipinski definition) is 4. The number of unbranched alkanes of at least 4 members (excludes halogenated alkanes) is 2. The van der Waals surface area contributed by atoms with Crippen molar-refractivity contribution in [3.05, 3.63) is 71.3 Å². The van der Waals surface area contributed by atoms with Gasteiger partial charge in [-0.05, 0) is 58.1 Å². The van der Waals surface area contributed by atoms with E-state index in [0.29, 0.717) is 13.0 Å². The van der Waals surface area contributed by atoms with Crippen molar-refractivity contribution in [3.8, 4) is 0 Å². The smallest absolute Gasteiger partial charge is 0.408 e. The van der Waals surface area contributed by atoms with Gasteiger partial charge in [0.25, 0.3) is 0 Å². The third-order valence-electron chi connectivity index (χ3n) is 6.47. The first-order valence-electron chi connectivity index (χ1n) is 13.8. The Kier molecular flexibility index (Phi) is 10.3. The molecule has 0 heterocycles. The number of nitrogens with zero attached hydrogens (tertiary/aromatic N) is 1. The van der Waals surface area contributed by atoms with Crippen LogP contribution in [0.2, 0.25) is 0 Å². The summed E-state index contributed by atoms with van der Waals surface area (Å²) < 4.78 is 5.49. The molecule has 0 saturated heterocycles. The maximum atomic E-state index is 14.3. The summed E-state index contributed by atoms with van der Waals surface area (Å²) >= 11 is 0. The number of carbonyl (C=O) groups excluding carboxylic acids is 3. The molecule has 38 heavy (non-hydrogen) atoms. The molecule has 0 spiro atoms. The third-order valence-corrected chi connectivity index (χ3v) is 6.47. The van der Waals surface area contributed by atoms with Crippen LogP contribution in [0.5, 0.6) is 0 Å². The highest BCUT2D eigenvalue weighted by Crippen LogP contribution is 2.36. The van der Waals surface area contributed by atoms with E-state index >= 15 is 0 Å². The second kappa shape index (κ2) is 13.4. The van der Waals surface area contributed by atoms with Gasteiger partial charge in [-0.2, -0.15) is 0 Å². The fourth-order valence-electron chi connectivity index (χ4n) is 4.42. The van der Waals surface area contributed by atoms with Gasteiger partial charge < -0.3 is 20.3 Å². The summed E-state index contributed by atoms with van der Waals surface area (Å²) in [5.41, 5.74) is 2.05. The summed E-state index contributed by atoms with van der Waals surface area (Å²) in [6, 6.07) is 15.6. The number of hydrogen-bond donors (Lipinski definition) is 2. The van der Waals surface area contributed by atoms with Crippen LogP contribution < -0.4 is 10.6 Å². The fourth-order valence-corrected chi connectivity index (χ4v) is 4.42. The average molecular weight is 522 g/mol. The minimum atomic E-state index is -0.881. The molecule has 2 atom stereocenters. The lowest BCUT2D eigenvalue weighted by atomic mass is 9.99. The van der Waals surface area contributed by atoms with Crippen LogP contribution in [0.25, 0.3) is 0 Å². The lowest BCUT2D eigenvalue weighted by Gasteiger charge is -2.35. The van der Waals surface area contributed by atoms with Crippen LogP contribution in [0.3, 0.4) is 0 Å². The normalized spacial score (nSPS) is 14.8. The molecule has 1 saturated carbocycles. The van der Waals surface area contributed by atoms with E-state index in [1.54, 1.807) is 25.7 Å². The van der Waals surface area contributed by atoms with Crippen molar-refractivity contribution in [2.75, 3.05) is 6.54 Å². The summed E-state index contributed by atoms with van der Waals surface area (Å²) in [6.45, 7) is 10.0. The van der Waals surface area contributed by atoms with Crippen LogP contribution in [0, 0.1) is 6.92 Å². The predicted molar refractivity (Wildman–Crippen MR) is 150 cm³/mol. The SMILES string of the molecule is CCCCCNC(=O)C(c1ccc(C)cc1)N(C(=O)C(Cc1ccccc1)NC(=O)OC(C)(C)C)C1CC1. The van der Waals surface area contributed by atoms with Crippen LogP contribution in [0.15, 0.2) is 54.6 Å². The molecule has 2 unspecified atom stereocenters. The van der Waals surface area contributed by atoms with Crippen molar-refractivity contribution < 1.29 is 19.1 Å². The van der Waals surface area contributed by atoms with Gasteiger partial charge in [0.15, 0.2) is 0 Å². The summed E-state index contributed by atoms with van der Waals surface area (Å²) in [7, 11) is 0. The second-order valence-electron chi connectivity index (χ2n) is 11.2. The van der Waals surface area contributed by atoms with Gasteiger partial charge in [-0.25, -0.2) is 4.79 Å². The van der Waals surface area contributed by atoms with Crippen LogP contribution >= 0.6 is 0 Å². The van der Waals surface area contributed by atoms with Crippen molar-refractivity contribution >= 4 is 17.9 Å². The Bertz CT molecular complexity index is 1060. The maximum absolute atomic E-state index is 14.3. The zero-order chi connectivity index (χ0) is 27.7. The van der Waals surface area contributed by atoms with Gasteiger partial charge in [0, 0.05) is 19.0 Å². The van der Waals surface area contributed by atoms with Gasteiger partial charge in [-0.3, -0.25) is 9.59 Å². The average Bonchev–Trinajstić information content (AvgIpc) is 3.70. The first kappa shape index (κ1) is 29.2. The lowest BCUT2D eigenvalue weighted by molar-refractivity contribution is -0.143. The van der Waals surface area contributed by atoms with Crippen LogP contribution in [-0.2, 0) is 20.7 Å². The first-order chi connectivity index (χ1) is 18.1. The number of aryl methyl sites for hydroxylation is 1. The number of ether oxygens (including phenoxy) is 1. The molecule has 7 nitrogen and oxygen atoms in total. The van der Waals surface area contributed by atoms with Crippen molar-refractivity contribution in [3.63, 3.8) is 0 Å². The Morgan fingerprint density at radius 1 is 1.00 bits per heavy atom. The Balaban J connectivity index is 1.94. The van der Waals surface area contributed by atoms with Crippen LogP contribution in [-0.4, -0.2) is 47.0 Å². The lowest BCUT2D eigenvalue weighted by Crippen LogP contribution is -2.54. The van der Waals surface area contributed by atoms with E-state index in [2.05, 4.69) is 17.6 Å². The molecule has 1 aliphatic rings. The molecule has 0 aliphatic heterocycles. The summed E-state index contributed by atoms with van der Waals surface area (Å²) in [5, 5.41) is 5.88. The second-order valence-corrected chi connectivity index (χ2v) is 11.2. The number of benzene rings is 2. The van der Waals surface area contributed by atoms with E-state index in [1.807, 2.05) is 61.5 Å². The highest BCUT2D eigenvalue weighted by atomic mass is 16.6. The maximum Gasteiger partial charge on any atom is 0.408 e. The molecule has 2 aromatic rings. The minimum absolute atomic E-state index is 0.0612. The quantitative estimate of drug-likeness (QED) is 0.363. The zero-order valence-corrected chi connectivity index (χ0v) is 23.5. The molecule has 2 N–H and O–H groups in total. The third kappa shape index (κ3) is 8.89. The molecule has 3 rings (SSSR count). The van der Waals surface area contributed by atoms with Crippen molar-refractivity contribution in [2.45, 2.75) is 96.9 Å². The van der Waals surface area contributed by atoms with Crippen molar-refractivity contribution in [2.24, 2.45) is 0 Å². The number of carbonyl (C=O) groups is 3. The van der Waals surface area contributed by atoms with Gasteiger partial charge in [0.2, 0.25) is 11.8 Å². The topological polar surface area (TPSA) is 87.7 Å². The largest absolute Gasteiger partial charge is 0.444 e. The van der Waals surface area contributed by atoms with Crippen molar-refractivity contribution in [1.29, 1.82) is 0 Å². The van der Waals surface area contributed by atoms with E-state index in [4.69, 9.17) is 4.74 Å². The molecule has 0 bridgehead atoms. The minimum Gasteiger partial charge on any atom is -0.444 e. The van der Waals surface area contributed by atoms with E-state index in [1.165, 1.54) is 0 Å². The van der Waals surface area contributed by atoms with Gasteiger partial charge in [-0.1, -0.05) is 79.9 Å². The van der Waals surface area contributed by atoms with E-state index < -0.39 is 23.8 Å². The Morgan fingerprint density at radius 2 is 1.66 bits per heavy atom. The van der Waals surface area contributed by atoms with Crippen LogP contribution in [0.1, 0.15) is 82.5 Å². The Morgan fingerprint density at radius 3 is 2.24 bits per heavy atom. The van der Waals surface area contributed by atoms with Crippen molar-refractivity contribution in [1.82, 2.24) is 15.5 Å². The molecule has 206 valence electrons. The Hall–Kier alpha value is -3.35.